The van der Waals surface area contributed by atoms with Crippen molar-refractivity contribution in [3.05, 3.63) is 36.4 Å². The Kier molecular flexibility index (Phi) is 6.44. The lowest BCUT2D eigenvalue weighted by Crippen LogP contribution is -2.22. The molecule has 1 saturated heterocycles. The van der Waals surface area contributed by atoms with Crippen LogP contribution in [0.4, 0.5) is 0 Å². The number of carbonyl (C=O) groups excluding carboxylic acids is 1. The van der Waals surface area contributed by atoms with Crippen LogP contribution in [0, 0.1) is 0 Å². The number of ether oxygens (including phenoxy) is 1. The van der Waals surface area contributed by atoms with Crippen molar-refractivity contribution < 1.29 is 23.2 Å². The molecular formula is C13H15NO5S2. The van der Waals surface area contributed by atoms with Crippen LogP contribution in [-0.2, 0) is 19.4 Å². The second-order valence-electron chi connectivity index (χ2n) is 3.93. The Morgan fingerprint density at radius 3 is 2.38 bits per heavy atom. The summed E-state index contributed by atoms with van der Waals surface area (Å²) in [5.74, 6) is 0.138. The van der Waals surface area contributed by atoms with E-state index in [-0.39, 0.29) is 5.04 Å². The molecule has 0 aliphatic carbocycles. The molecular weight excluding hydrogens is 314 g/mol. The Morgan fingerprint density at radius 2 is 2.00 bits per heavy atom. The number of hydrogen-bond acceptors (Lipinski definition) is 7. The molecule has 2 rings (SSSR count). The van der Waals surface area contributed by atoms with E-state index in [1.165, 1.54) is 18.0 Å². The van der Waals surface area contributed by atoms with Crippen molar-refractivity contribution in [2.24, 2.45) is 5.16 Å². The SMILES string of the molecule is C=Cc1ccc(S(C)(=O)=O)cc1.O=C1OCCS/C1=N\O. The van der Waals surface area contributed by atoms with Crippen LogP contribution in [0.5, 0.6) is 0 Å². The van der Waals surface area contributed by atoms with E-state index in [4.69, 9.17) is 5.21 Å². The van der Waals surface area contributed by atoms with Gasteiger partial charge in [-0.05, 0) is 17.7 Å². The van der Waals surface area contributed by atoms with Crippen molar-refractivity contribution in [1.29, 1.82) is 0 Å². The molecule has 1 aromatic carbocycles. The summed E-state index contributed by atoms with van der Waals surface area (Å²) < 4.78 is 26.5. The van der Waals surface area contributed by atoms with Gasteiger partial charge in [0.25, 0.3) is 0 Å². The van der Waals surface area contributed by atoms with Gasteiger partial charge in [-0.2, -0.15) is 0 Å². The third-order valence-electron chi connectivity index (χ3n) is 2.36. The molecule has 0 aromatic heterocycles. The molecule has 0 unspecified atom stereocenters. The zero-order valence-electron chi connectivity index (χ0n) is 11.4. The Hall–Kier alpha value is -1.80. The molecule has 1 N–H and O–H groups in total. The predicted molar refractivity (Wildman–Crippen MR) is 82.3 cm³/mol. The van der Waals surface area contributed by atoms with Gasteiger partial charge in [-0.25, -0.2) is 13.2 Å². The number of rotatable bonds is 2. The molecule has 0 atom stereocenters. The van der Waals surface area contributed by atoms with E-state index >= 15 is 0 Å². The van der Waals surface area contributed by atoms with Crippen molar-refractivity contribution in [3.8, 4) is 0 Å². The number of cyclic esters (lactones) is 1. The Balaban J connectivity index is 0.000000219. The molecule has 0 bridgehead atoms. The molecule has 8 heteroatoms. The second kappa shape index (κ2) is 7.84. The summed E-state index contributed by atoms with van der Waals surface area (Å²) in [4.78, 5) is 10.8. The van der Waals surface area contributed by atoms with Gasteiger partial charge in [-0.15, -0.1) is 0 Å². The highest BCUT2D eigenvalue weighted by Gasteiger charge is 2.18. The van der Waals surface area contributed by atoms with E-state index in [1.54, 1.807) is 30.3 Å². The number of nitrogens with zero attached hydrogens (tertiary/aromatic N) is 1. The minimum Gasteiger partial charge on any atom is -0.460 e. The average molecular weight is 329 g/mol. The summed E-state index contributed by atoms with van der Waals surface area (Å²) in [5.41, 5.74) is 0.919. The van der Waals surface area contributed by atoms with E-state index in [1.807, 2.05) is 0 Å². The number of hydrogen-bond donors (Lipinski definition) is 1. The number of esters is 1. The number of carbonyl (C=O) groups is 1. The van der Waals surface area contributed by atoms with Crippen LogP contribution in [0.2, 0.25) is 0 Å². The molecule has 114 valence electrons. The normalized spacial score (nSPS) is 16.6. The van der Waals surface area contributed by atoms with Gasteiger partial charge in [0.15, 0.2) is 9.84 Å². The van der Waals surface area contributed by atoms with Gasteiger partial charge in [-0.1, -0.05) is 41.7 Å². The van der Waals surface area contributed by atoms with Gasteiger partial charge in [0.05, 0.1) is 4.90 Å². The van der Waals surface area contributed by atoms with Gasteiger partial charge in [0.2, 0.25) is 5.04 Å². The quantitative estimate of drug-likeness (QED) is 0.505. The molecule has 1 heterocycles. The number of sulfone groups is 1. The van der Waals surface area contributed by atoms with E-state index in [2.05, 4.69) is 16.5 Å². The maximum Gasteiger partial charge on any atom is 0.367 e. The van der Waals surface area contributed by atoms with E-state index in [0.717, 1.165) is 5.56 Å². The van der Waals surface area contributed by atoms with Crippen molar-refractivity contribution in [1.82, 2.24) is 0 Å². The minimum atomic E-state index is -3.06. The summed E-state index contributed by atoms with van der Waals surface area (Å²) in [6.45, 7) is 3.98. The molecule has 0 amide bonds. The Morgan fingerprint density at radius 1 is 1.38 bits per heavy atom. The summed E-state index contributed by atoms with van der Waals surface area (Å²) >= 11 is 1.20. The molecule has 1 aliphatic rings. The zero-order chi connectivity index (χ0) is 15.9. The average Bonchev–Trinajstić information content (AvgIpc) is 2.47. The van der Waals surface area contributed by atoms with E-state index < -0.39 is 15.8 Å². The van der Waals surface area contributed by atoms with Crippen molar-refractivity contribution in [3.63, 3.8) is 0 Å². The number of benzene rings is 1. The fourth-order valence-corrected chi connectivity index (χ4v) is 2.54. The van der Waals surface area contributed by atoms with Gasteiger partial charge < -0.3 is 9.94 Å². The van der Waals surface area contributed by atoms with Gasteiger partial charge >= 0.3 is 5.97 Å². The van der Waals surface area contributed by atoms with Gasteiger partial charge in [0, 0.05) is 12.0 Å². The van der Waals surface area contributed by atoms with Crippen LogP contribution in [0.15, 0.2) is 40.9 Å². The molecule has 0 saturated carbocycles. The first-order valence-corrected chi connectivity index (χ1v) is 8.70. The summed E-state index contributed by atoms with van der Waals surface area (Å²) in [6, 6.07) is 6.60. The van der Waals surface area contributed by atoms with Crippen molar-refractivity contribution in [2.45, 2.75) is 4.90 Å². The number of oxime groups is 1. The largest absolute Gasteiger partial charge is 0.460 e. The maximum atomic E-state index is 11.0. The molecule has 1 aromatic rings. The summed E-state index contributed by atoms with van der Waals surface area (Å²) in [6.07, 6.45) is 2.86. The third kappa shape index (κ3) is 5.60. The third-order valence-corrected chi connectivity index (χ3v) is 4.39. The minimum absolute atomic E-state index is 0.0428. The van der Waals surface area contributed by atoms with Crippen molar-refractivity contribution >= 4 is 38.7 Å². The monoisotopic (exact) mass is 329 g/mol. The first kappa shape index (κ1) is 17.3. The summed E-state index contributed by atoms with van der Waals surface area (Å²) in [7, 11) is -3.06. The van der Waals surface area contributed by atoms with Crippen molar-refractivity contribution in [2.75, 3.05) is 18.6 Å². The lowest BCUT2D eigenvalue weighted by atomic mass is 10.2. The van der Waals surface area contributed by atoms with E-state index in [0.29, 0.717) is 17.3 Å². The fourth-order valence-electron chi connectivity index (χ4n) is 1.31. The summed E-state index contributed by atoms with van der Waals surface area (Å²) in [5, 5.41) is 10.9. The molecule has 0 radical (unpaired) electrons. The first-order valence-electron chi connectivity index (χ1n) is 5.83. The second-order valence-corrected chi connectivity index (χ2v) is 7.03. The first-order chi connectivity index (χ1) is 9.88. The lowest BCUT2D eigenvalue weighted by Gasteiger charge is -2.09. The van der Waals surface area contributed by atoms with Crippen LogP contribution in [0.1, 0.15) is 5.56 Å². The van der Waals surface area contributed by atoms with Crippen LogP contribution in [0.25, 0.3) is 6.08 Å². The van der Waals surface area contributed by atoms with Crippen LogP contribution >= 0.6 is 11.8 Å². The highest BCUT2D eigenvalue weighted by molar-refractivity contribution is 8.15. The highest BCUT2D eigenvalue weighted by Crippen LogP contribution is 2.11. The highest BCUT2D eigenvalue weighted by atomic mass is 32.2. The standard InChI is InChI=1S/C9H10O2S.C4H5NO3S/c1-3-8-4-6-9(7-5-8)12(2,10)11;6-4-3(5-7)9-2-1-8-4/h3-7H,1H2,2H3;7H,1-2H2/b;5-3-. The Labute approximate surface area is 127 Å². The van der Waals surface area contributed by atoms with Gasteiger partial charge in [0.1, 0.15) is 6.61 Å². The zero-order valence-corrected chi connectivity index (χ0v) is 13.0. The Bertz CT molecular complexity index is 635. The number of thioether (sulfide) groups is 1. The smallest absolute Gasteiger partial charge is 0.367 e. The van der Waals surface area contributed by atoms with Crippen LogP contribution in [0.3, 0.4) is 0 Å². The van der Waals surface area contributed by atoms with Crippen LogP contribution < -0.4 is 0 Å². The van der Waals surface area contributed by atoms with E-state index in [9.17, 15) is 13.2 Å². The molecule has 0 spiro atoms. The van der Waals surface area contributed by atoms with Gasteiger partial charge in [-0.3, -0.25) is 0 Å². The lowest BCUT2D eigenvalue weighted by molar-refractivity contribution is -0.135. The topological polar surface area (TPSA) is 93.0 Å². The fraction of sp³-hybridized carbons (Fsp3) is 0.231. The van der Waals surface area contributed by atoms with Crippen LogP contribution in [-0.4, -0.2) is 43.3 Å². The maximum absolute atomic E-state index is 11.0. The molecule has 21 heavy (non-hydrogen) atoms. The molecule has 1 aliphatic heterocycles. The molecule has 1 fully saturated rings. The predicted octanol–water partition coefficient (Wildman–Crippen LogP) is 1.80. The molecule has 6 nitrogen and oxygen atoms in total.